The SMILES string of the molecule is Cc1ccc(NC(=S)N[C@@H](C)c2ccc(S(N)(=O)=O)cc2)cc1. The Bertz CT molecular complexity index is 785. The fourth-order valence-electron chi connectivity index (χ4n) is 2.03. The molecule has 0 aliphatic carbocycles. The van der Waals surface area contributed by atoms with E-state index in [0.29, 0.717) is 5.11 Å². The lowest BCUT2D eigenvalue weighted by atomic mass is 10.1. The topological polar surface area (TPSA) is 84.2 Å². The highest BCUT2D eigenvalue weighted by molar-refractivity contribution is 7.89. The molecule has 0 fully saturated rings. The van der Waals surface area contributed by atoms with Gasteiger partial charge in [0.1, 0.15) is 0 Å². The molecule has 0 unspecified atom stereocenters. The van der Waals surface area contributed by atoms with Gasteiger partial charge in [0.05, 0.1) is 10.9 Å². The van der Waals surface area contributed by atoms with Crippen molar-refractivity contribution in [2.45, 2.75) is 24.8 Å². The number of benzene rings is 2. The third-order valence-electron chi connectivity index (χ3n) is 3.37. The summed E-state index contributed by atoms with van der Waals surface area (Å²) < 4.78 is 22.5. The zero-order valence-electron chi connectivity index (χ0n) is 12.9. The van der Waals surface area contributed by atoms with E-state index in [1.165, 1.54) is 17.7 Å². The second-order valence-electron chi connectivity index (χ2n) is 5.30. The smallest absolute Gasteiger partial charge is 0.238 e. The Labute approximate surface area is 142 Å². The van der Waals surface area contributed by atoms with Gasteiger partial charge in [-0.25, -0.2) is 13.6 Å². The van der Waals surface area contributed by atoms with Gasteiger partial charge in [-0.1, -0.05) is 29.8 Å². The Balaban J connectivity index is 1.99. The van der Waals surface area contributed by atoms with Gasteiger partial charge >= 0.3 is 0 Å². The van der Waals surface area contributed by atoms with Crippen LogP contribution in [0.2, 0.25) is 0 Å². The van der Waals surface area contributed by atoms with E-state index >= 15 is 0 Å². The van der Waals surface area contributed by atoms with E-state index in [1.807, 2.05) is 38.1 Å². The summed E-state index contributed by atoms with van der Waals surface area (Å²) in [5.74, 6) is 0. The highest BCUT2D eigenvalue weighted by Crippen LogP contribution is 2.16. The largest absolute Gasteiger partial charge is 0.356 e. The fourth-order valence-corrected chi connectivity index (χ4v) is 2.84. The van der Waals surface area contributed by atoms with Crippen molar-refractivity contribution in [3.8, 4) is 0 Å². The van der Waals surface area contributed by atoms with Crippen molar-refractivity contribution in [1.82, 2.24) is 5.32 Å². The first-order valence-corrected chi connectivity index (χ1v) is 8.98. The number of anilines is 1. The van der Waals surface area contributed by atoms with Crippen LogP contribution in [-0.4, -0.2) is 13.5 Å². The zero-order chi connectivity index (χ0) is 17.0. The van der Waals surface area contributed by atoms with Gasteiger partial charge in [0.15, 0.2) is 5.11 Å². The van der Waals surface area contributed by atoms with Crippen LogP contribution in [0.1, 0.15) is 24.1 Å². The first kappa shape index (κ1) is 17.4. The predicted octanol–water partition coefficient (Wildman–Crippen LogP) is 2.69. The second-order valence-corrected chi connectivity index (χ2v) is 7.27. The first-order valence-electron chi connectivity index (χ1n) is 7.02. The average molecular weight is 349 g/mol. The molecule has 122 valence electrons. The number of hydrogen-bond acceptors (Lipinski definition) is 3. The van der Waals surface area contributed by atoms with Crippen molar-refractivity contribution in [2.24, 2.45) is 5.14 Å². The Kier molecular flexibility index (Phi) is 5.35. The summed E-state index contributed by atoms with van der Waals surface area (Å²) in [6, 6.07) is 14.2. The highest BCUT2D eigenvalue weighted by Gasteiger charge is 2.10. The normalized spacial score (nSPS) is 12.5. The van der Waals surface area contributed by atoms with E-state index in [9.17, 15) is 8.42 Å². The third-order valence-corrected chi connectivity index (χ3v) is 4.51. The lowest BCUT2D eigenvalue weighted by Crippen LogP contribution is -2.30. The number of hydrogen-bond donors (Lipinski definition) is 3. The van der Waals surface area contributed by atoms with Crippen LogP contribution in [0.3, 0.4) is 0 Å². The molecule has 7 heteroatoms. The molecule has 0 aromatic heterocycles. The Hall–Kier alpha value is -1.96. The van der Waals surface area contributed by atoms with Crippen LogP contribution in [0.5, 0.6) is 0 Å². The van der Waals surface area contributed by atoms with Gasteiger partial charge in [-0.2, -0.15) is 0 Å². The van der Waals surface area contributed by atoms with Gasteiger partial charge < -0.3 is 10.6 Å². The number of nitrogens with one attached hydrogen (secondary N) is 2. The standard InChI is InChI=1S/C16H19N3O2S2/c1-11-3-7-14(8-4-11)19-16(22)18-12(2)13-5-9-15(10-6-13)23(17,20)21/h3-10,12H,1-2H3,(H2,17,20,21)(H2,18,19,22)/t12-/m0/s1. The van der Waals surface area contributed by atoms with E-state index in [2.05, 4.69) is 10.6 Å². The molecule has 23 heavy (non-hydrogen) atoms. The summed E-state index contributed by atoms with van der Waals surface area (Å²) in [4.78, 5) is 0.0915. The summed E-state index contributed by atoms with van der Waals surface area (Å²) in [6.07, 6.45) is 0. The van der Waals surface area contributed by atoms with E-state index in [1.54, 1.807) is 12.1 Å². The predicted molar refractivity (Wildman–Crippen MR) is 96.8 cm³/mol. The molecule has 0 bridgehead atoms. The molecule has 0 aliphatic heterocycles. The third kappa shape index (κ3) is 5.02. The summed E-state index contributed by atoms with van der Waals surface area (Å²) in [6.45, 7) is 3.96. The van der Waals surface area contributed by atoms with E-state index < -0.39 is 10.0 Å². The maximum Gasteiger partial charge on any atom is 0.238 e. The van der Waals surface area contributed by atoms with Crippen LogP contribution in [0.15, 0.2) is 53.4 Å². The zero-order valence-corrected chi connectivity index (χ0v) is 14.5. The fraction of sp³-hybridized carbons (Fsp3) is 0.188. The molecule has 5 nitrogen and oxygen atoms in total. The molecule has 2 rings (SSSR count). The van der Waals surface area contributed by atoms with Gasteiger partial charge in [-0.05, 0) is 55.9 Å². The molecule has 2 aromatic rings. The number of rotatable bonds is 4. The summed E-state index contributed by atoms with van der Waals surface area (Å²) in [7, 11) is -3.67. The van der Waals surface area contributed by atoms with E-state index in [0.717, 1.165) is 11.3 Å². The van der Waals surface area contributed by atoms with Crippen LogP contribution >= 0.6 is 12.2 Å². The van der Waals surface area contributed by atoms with Crippen LogP contribution in [0, 0.1) is 6.92 Å². The number of nitrogens with two attached hydrogens (primary N) is 1. The molecular formula is C16H19N3O2S2. The van der Waals surface area contributed by atoms with Crippen molar-refractivity contribution in [3.05, 3.63) is 59.7 Å². The van der Waals surface area contributed by atoms with Crippen LogP contribution in [0.25, 0.3) is 0 Å². The number of sulfonamides is 1. The van der Waals surface area contributed by atoms with Crippen molar-refractivity contribution in [2.75, 3.05) is 5.32 Å². The molecule has 0 aliphatic rings. The van der Waals surface area contributed by atoms with Gasteiger partial charge in [0, 0.05) is 5.69 Å². The number of primary sulfonamides is 1. The lowest BCUT2D eigenvalue weighted by Gasteiger charge is -2.17. The molecule has 4 N–H and O–H groups in total. The Morgan fingerprint density at radius 3 is 2.17 bits per heavy atom. The van der Waals surface area contributed by atoms with Crippen LogP contribution < -0.4 is 15.8 Å². The molecule has 0 radical (unpaired) electrons. The number of thiocarbonyl (C=S) groups is 1. The van der Waals surface area contributed by atoms with Gasteiger partial charge in [-0.3, -0.25) is 0 Å². The van der Waals surface area contributed by atoms with Crippen molar-refractivity contribution >= 4 is 33.0 Å². The minimum atomic E-state index is -3.67. The maximum absolute atomic E-state index is 11.3. The van der Waals surface area contributed by atoms with Gasteiger partial charge in [-0.15, -0.1) is 0 Å². The molecule has 0 amide bonds. The molecule has 2 aromatic carbocycles. The van der Waals surface area contributed by atoms with Gasteiger partial charge in [0.2, 0.25) is 10.0 Å². The first-order chi connectivity index (χ1) is 10.8. The maximum atomic E-state index is 11.3. The molecule has 1 atom stereocenters. The second kappa shape index (κ2) is 7.08. The summed E-state index contributed by atoms with van der Waals surface area (Å²) in [5, 5.41) is 11.9. The molecule has 0 saturated carbocycles. The lowest BCUT2D eigenvalue weighted by molar-refractivity contribution is 0.597. The minimum Gasteiger partial charge on any atom is -0.356 e. The van der Waals surface area contributed by atoms with E-state index in [-0.39, 0.29) is 10.9 Å². The Morgan fingerprint density at radius 1 is 1.09 bits per heavy atom. The van der Waals surface area contributed by atoms with Crippen molar-refractivity contribution in [3.63, 3.8) is 0 Å². The molecular weight excluding hydrogens is 330 g/mol. The summed E-state index contributed by atoms with van der Waals surface area (Å²) >= 11 is 5.29. The monoisotopic (exact) mass is 349 g/mol. The van der Waals surface area contributed by atoms with Crippen molar-refractivity contribution in [1.29, 1.82) is 0 Å². The summed E-state index contributed by atoms with van der Waals surface area (Å²) in [5.41, 5.74) is 2.99. The highest BCUT2D eigenvalue weighted by atomic mass is 32.2. The quantitative estimate of drug-likeness (QED) is 0.739. The molecule has 0 heterocycles. The van der Waals surface area contributed by atoms with Crippen molar-refractivity contribution < 1.29 is 8.42 Å². The minimum absolute atomic E-state index is 0.0741. The van der Waals surface area contributed by atoms with Gasteiger partial charge in [0.25, 0.3) is 0 Å². The van der Waals surface area contributed by atoms with Crippen LogP contribution in [0.4, 0.5) is 5.69 Å². The average Bonchev–Trinajstić information content (AvgIpc) is 2.49. The Morgan fingerprint density at radius 2 is 1.65 bits per heavy atom. The van der Waals surface area contributed by atoms with E-state index in [4.69, 9.17) is 17.4 Å². The van der Waals surface area contributed by atoms with Crippen LogP contribution in [-0.2, 0) is 10.0 Å². The molecule has 0 spiro atoms. The number of aryl methyl sites for hydroxylation is 1. The molecule has 0 saturated heterocycles.